The molecule has 0 saturated heterocycles. The van der Waals surface area contributed by atoms with Crippen LogP contribution in [0.2, 0.25) is 10.0 Å². The van der Waals surface area contributed by atoms with Crippen LogP contribution in [0.1, 0.15) is 11.1 Å². The van der Waals surface area contributed by atoms with Gasteiger partial charge in [-0.2, -0.15) is 0 Å². The normalized spacial score (nSPS) is 11.4. The molecule has 1 heterocycles. The van der Waals surface area contributed by atoms with Crippen LogP contribution in [0.3, 0.4) is 0 Å². The number of aryl methyl sites for hydroxylation is 1. The van der Waals surface area contributed by atoms with E-state index in [0.29, 0.717) is 0 Å². The van der Waals surface area contributed by atoms with Crippen LogP contribution >= 0.6 is 23.2 Å². The number of halogens is 2. The molecule has 1 nitrogen and oxygen atoms in total. The molecule has 0 N–H and O–H groups in total. The molecule has 21 heavy (non-hydrogen) atoms. The van der Waals surface area contributed by atoms with Crippen LogP contribution in [-0.2, 0) is 7.05 Å². The summed E-state index contributed by atoms with van der Waals surface area (Å²) in [7, 11) is 2.03. The predicted molar refractivity (Wildman–Crippen MR) is 90.5 cm³/mol. The third-order valence-corrected chi connectivity index (χ3v) is 3.94. The highest BCUT2D eigenvalue weighted by atomic mass is 35.5. The van der Waals surface area contributed by atoms with Crippen molar-refractivity contribution >= 4 is 46.3 Å². The topological polar surface area (TPSA) is 3.88 Å². The molecule has 3 rings (SSSR count). The van der Waals surface area contributed by atoms with Crippen LogP contribution in [0.4, 0.5) is 0 Å². The van der Waals surface area contributed by atoms with Crippen LogP contribution < -0.4 is 4.57 Å². The molecule has 2 aromatic carbocycles. The van der Waals surface area contributed by atoms with Crippen LogP contribution in [0.25, 0.3) is 23.1 Å². The Balaban J connectivity index is 2.06. The number of hydrogen-bond donors (Lipinski definition) is 0. The lowest BCUT2D eigenvalue weighted by atomic mass is 10.1. The molecule has 0 aliphatic rings. The minimum atomic E-state index is 0.745. The van der Waals surface area contributed by atoms with Crippen molar-refractivity contribution in [2.24, 2.45) is 7.05 Å². The number of benzene rings is 2. The highest BCUT2D eigenvalue weighted by Crippen LogP contribution is 2.22. The maximum absolute atomic E-state index is 6.13. The summed E-state index contributed by atoms with van der Waals surface area (Å²) in [6.07, 6.45) is 6.23. The summed E-state index contributed by atoms with van der Waals surface area (Å²) in [5, 5.41) is 2.63. The van der Waals surface area contributed by atoms with Gasteiger partial charge in [-0.05, 0) is 35.4 Å². The van der Waals surface area contributed by atoms with Gasteiger partial charge in [0.2, 0.25) is 5.52 Å². The van der Waals surface area contributed by atoms with Gasteiger partial charge in [-0.1, -0.05) is 47.5 Å². The zero-order valence-corrected chi connectivity index (χ0v) is 13.1. The van der Waals surface area contributed by atoms with Crippen molar-refractivity contribution in [3.05, 3.63) is 75.9 Å². The highest BCUT2D eigenvalue weighted by molar-refractivity contribution is 6.31. The molecule has 0 saturated carbocycles. The van der Waals surface area contributed by atoms with Crippen molar-refractivity contribution < 1.29 is 4.57 Å². The molecule has 3 aromatic rings. The van der Waals surface area contributed by atoms with E-state index in [0.717, 1.165) is 32.1 Å². The second-order valence-electron chi connectivity index (χ2n) is 4.93. The van der Waals surface area contributed by atoms with Gasteiger partial charge in [0.15, 0.2) is 6.20 Å². The van der Waals surface area contributed by atoms with E-state index in [9.17, 15) is 0 Å². The molecular formula is C18H14Cl2N+. The van der Waals surface area contributed by atoms with Gasteiger partial charge in [0, 0.05) is 22.2 Å². The van der Waals surface area contributed by atoms with E-state index >= 15 is 0 Å². The summed E-state index contributed by atoms with van der Waals surface area (Å²) in [6.45, 7) is 0. The number of aromatic nitrogens is 1. The molecular weight excluding hydrogens is 301 g/mol. The lowest BCUT2D eigenvalue weighted by Crippen LogP contribution is -2.28. The van der Waals surface area contributed by atoms with Crippen molar-refractivity contribution in [3.63, 3.8) is 0 Å². The molecule has 0 aliphatic heterocycles. The third-order valence-electron chi connectivity index (χ3n) is 3.45. The average molecular weight is 315 g/mol. The van der Waals surface area contributed by atoms with Crippen molar-refractivity contribution in [2.75, 3.05) is 0 Å². The molecule has 0 atom stereocenters. The van der Waals surface area contributed by atoms with E-state index in [1.165, 1.54) is 0 Å². The molecule has 1 aromatic heterocycles. The SMILES string of the molecule is C[n+]1ccc(/C=C/c2ccc(Cl)cc2)c2cc(Cl)ccc21. The Labute approximate surface area is 134 Å². The first-order valence-electron chi connectivity index (χ1n) is 6.65. The first-order chi connectivity index (χ1) is 10.1. The average Bonchev–Trinajstić information content (AvgIpc) is 2.48. The van der Waals surface area contributed by atoms with Crippen LogP contribution in [0.15, 0.2) is 54.7 Å². The molecule has 3 heteroatoms. The van der Waals surface area contributed by atoms with E-state index in [1.54, 1.807) is 0 Å². The van der Waals surface area contributed by atoms with E-state index in [-0.39, 0.29) is 0 Å². The molecule has 0 unspecified atom stereocenters. The maximum Gasteiger partial charge on any atom is 0.212 e. The molecule has 0 amide bonds. The first kappa shape index (κ1) is 14.1. The van der Waals surface area contributed by atoms with Gasteiger partial charge in [0.25, 0.3) is 0 Å². The molecule has 0 spiro atoms. The summed E-state index contributed by atoms with van der Waals surface area (Å²) in [5.74, 6) is 0. The Morgan fingerprint density at radius 3 is 2.33 bits per heavy atom. The van der Waals surface area contributed by atoms with Crippen LogP contribution in [0, 0.1) is 0 Å². The van der Waals surface area contributed by atoms with Gasteiger partial charge in [-0.15, -0.1) is 0 Å². The fourth-order valence-corrected chi connectivity index (χ4v) is 2.61. The minimum Gasteiger partial charge on any atom is -0.201 e. The Morgan fingerprint density at radius 2 is 1.57 bits per heavy atom. The third kappa shape index (κ3) is 3.10. The van der Waals surface area contributed by atoms with Crippen molar-refractivity contribution in [1.29, 1.82) is 0 Å². The van der Waals surface area contributed by atoms with Gasteiger partial charge < -0.3 is 0 Å². The van der Waals surface area contributed by atoms with Gasteiger partial charge in [-0.3, -0.25) is 0 Å². The van der Waals surface area contributed by atoms with Gasteiger partial charge >= 0.3 is 0 Å². The Bertz CT molecular complexity index is 820. The Kier molecular flexibility index (Phi) is 3.96. The summed E-state index contributed by atoms with van der Waals surface area (Å²) in [5.41, 5.74) is 3.40. The molecule has 104 valence electrons. The Morgan fingerprint density at radius 1 is 0.857 bits per heavy atom. The summed E-state index contributed by atoms with van der Waals surface area (Å²) in [6, 6.07) is 15.8. The smallest absolute Gasteiger partial charge is 0.201 e. The second kappa shape index (κ2) is 5.88. The fraction of sp³-hybridized carbons (Fsp3) is 0.0556. The first-order valence-corrected chi connectivity index (χ1v) is 7.41. The molecule has 0 bridgehead atoms. The maximum atomic E-state index is 6.13. The van der Waals surface area contributed by atoms with E-state index in [1.807, 2.05) is 49.5 Å². The quantitative estimate of drug-likeness (QED) is 0.576. The van der Waals surface area contributed by atoms with E-state index in [2.05, 4.69) is 29.0 Å². The van der Waals surface area contributed by atoms with Gasteiger partial charge in [0.1, 0.15) is 7.05 Å². The van der Waals surface area contributed by atoms with Crippen LogP contribution in [-0.4, -0.2) is 0 Å². The van der Waals surface area contributed by atoms with E-state index in [4.69, 9.17) is 23.2 Å². The van der Waals surface area contributed by atoms with Crippen LogP contribution in [0.5, 0.6) is 0 Å². The standard InChI is InChI=1S/C18H14Cl2N/c1-21-11-10-14(17-12-16(20)8-9-18(17)21)5-2-13-3-6-15(19)7-4-13/h2-12H,1H3/q+1/b5-2+. The lowest BCUT2D eigenvalue weighted by molar-refractivity contribution is -0.644. The van der Waals surface area contributed by atoms with Crippen molar-refractivity contribution in [1.82, 2.24) is 0 Å². The zero-order chi connectivity index (χ0) is 14.8. The predicted octanol–water partition coefficient (Wildman–Crippen LogP) is 5.14. The summed E-state index contributed by atoms with van der Waals surface area (Å²) >= 11 is 12.0. The van der Waals surface area contributed by atoms with Gasteiger partial charge in [-0.25, -0.2) is 4.57 Å². The minimum absolute atomic E-state index is 0.745. The monoisotopic (exact) mass is 314 g/mol. The fourth-order valence-electron chi connectivity index (χ4n) is 2.31. The van der Waals surface area contributed by atoms with Gasteiger partial charge in [0.05, 0.1) is 5.39 Å². The molecule has 0 radical (unpaired) electrons. The Hall–Kier alpha value is -1.83. The zero-order valence-electron chi connectivity index (χ0n) is 11.6. The number of hydrogen-bond acceptors (Lipinski definition) is 0. The largest absolute Gasteiger partial charge is 0.212 e. The highest BCUT2D eigenvalue weighted by Gasteiger charge is 2.08. The number of fused-ring (bicyclic) bond motifs is 1. The van der Waals surface area contributed by atoms with Crippen molar-refractivity contribution in [3.8, 4) is 0 Å². The molecule has 0 aliphatic carbocycles. The number of rotatable bonds is 2. The second-order valence-corrected chi connectivity index (χ2v) is 5.80. The number of pyridine rings is 1. The summed E-state index contributed by atoms with van der Waals surface area (Å²) < 4.78 is 2.09. The number of nitrogens with zero attached hydrogens (tertiary/aromatic N) is 1. The molecule has 0 fully saturated rings. The lowest BCUT2D eigenvalue weighted by Gasteiger charge is -2.02. The van der Waals surface area contributed by atoms with E-state index < -0.39 is 0 Å². The van der Waals surface area contributed by atoms with Crippen molar-refractivity contribution in [2.45, 2.75) is 0 Å². The summed E-state index contributed by atoms with van der Waals surface area (Å²) in [4.78, 5) is 0.